The van der Waals surface area contributed by atoms with Crippen molar-refractivity contribution < 1.29 is 4.42 Å². The predicted octanol–water partition coefficient (Wildman–Crippen LogP) is 14.7. The van der Waals surface area contributed by atoms with Gasteiger partial charge in [0, 0.05) is 33.0 Å². The van der Waals surface area contributed by atoms with E-state index in [4.69, 9.17) is 24.4 Å². The first kappa shape index (κ1) is 33.7. The fourth-order valence-electron chi connectivity index (χ4n) is 9.47. The molecule has 3 heterocycles. The molecule has 282 valence electrons. The Balaban J connectivity index is 0.939. The third-order valence-corrected chi connectivity index (χ3v) is 12.3. The molecule has 13 rings (SSSR count). The summed E-state index contributed by atoms with van der Waals surface area (Å²) in [4.78, 5) is 20.6. The number of aromatic nitrogens is 4. The largest absolute Gasteiger partial charge is 0.438 e. The molecule has 0 spiro atoms. The summed E-state index contributed by atoms with van der Waals surface area (Å²) >= 11 is 0. The number of para-hydroxylation sites is 1. The number of fused-ring (bicyclic) bond motifs is 6. The van der Waals surface area contributed by atoms with Crippen molar-refractivity contribution >= 4 is 75.9 Å². The highest BCUT2D eigenvalue weighted by atomic mass is 16.3. The zero-order valence-corrected chi connectivity index (χ0v) is 32.7. The third-order valence-electron chi connectivity index (χ3n) is 12.3. The highest BCUT2D eigenvalue weighted by Gasteiger charge is 2.20. The average molecular weight is 777 g/mol. The topological polar surface area (TPSA) is 64.7 Å². The molecule has 13 aromatic rings. The first-order valence-electron chi connectivity index (χ1n) is 20.5. The lowest BCUT2D eigenvalue weighted by Crippen LogP contribution is -2.01. The summed E-state index contributed by atoms with van der Waals surface area (Å²) < 4.78 is 6.36. The number of hydrogen-bond donors (Lipinski definition) is 0. The van der Waals surface area contributed by atoms with Crippen LogP contribution in [0.1, 0.15) is 0 Å². The van der Waals surface area contributed by atoms with Crippen molar-refractivity contribution in [2.24, 2.45) is 0 Å². The van der Waals surface area contributed by atoms with Crippen LogP contribution in [0.3, 0.4) is 0 Å². The van der Waals surface area contributed by atoms with E-state index in [1.165, 1.54) is 26.9 Å². The first-order chi connectivity index (χ1) is 30.2. The molecule has 61 heavy (non-hydrogen) atoms. The van der Waals surface area contributed by atoms with E-state index in [2.05, 4.69) is 164 Å². The number of furan rings is 1. The maximum Gasteiger partial charge on any atom is 0.228 e. The summed E-state index contributed by atoms with van der Waals surface area (Å²) in [6.07, 6.45) is 0. The van der Waals surface area contributed by atoms with Crippen LogP contribution >= 0.6 is 0 Å². The first-order valence-corrected chi connectivity index (χ1v) is 20.5. The molecular formula is C56H32N4O. The van der Waals surface area contributed by atoms with Crippen LogP contribution in [0, 0.1) is 0 Å². The van der Waals surface area contributed by atoms with Crippen LogP contribution in [0.15, 0.2) is 199 Å². The van der Waals surface area contributed by atoms with Gasteiger partial charge in [0.25, 0.3) is 0 Å². The second-order valence-electron chi connectivity index (χ2n) is 15.7. The summed E-state index contributed by atoms with van der Waals surface area (Å²) in [6, 6.07) is 68.2. The second-order valence-corrected chi connectivity index (χ2v) is 15.7. The molecule has 0 radical (unpaired) electrons. The van der Waals surface area contributed by atoms with Gasteiger partial charge in [-0.2, -0.15) is 0 Å². The minimum Gasteiger partial charge on any atom is -0.438 e. The van der Waals surface area contributed by atoms with Gasteiger partial charge in [0.2, 0.25) is 5.71 Å². The van der Waals surface area contributed by atoms with Crippen molar-refractivity contribution in [1.29, 1.82) is 0 Å². The lowest BCUT2D eigenvalue weighted by Gasteiger charge is -2.15. The van der Waals surface area contributed by atoms with Crippen molar-refractivity contribution in [1.82, 2.24) is 19.9 Å². The molecule has 3 aromatic heterocycles. The quantitative estimate of drug-likeness (QED) is 0.163. The Morgan fingerprint density at radius 2 is 0.820 bits per heavy atom. The highest BCUT2D eigenvalue weighted by Crippen LogP contribution is 2.43. The van der Waals surface area contributed by atoms with Crippen molar-refractivity contribution in [3.05, 3.63) is 194 Å². The molecule has 5 nitrogen and oxygen atoms in total. The van der Waals surface area contributed by atoms with E-state index in [1.807, 2.05) is 30.3 Å². The normalized spacial score (nSPS) is 11.9. The monoisotopic (exact) mass is 776 g/mol. The van der Waals surface area contributed by atoms with Gasteiger partial charge < -0.3 is 4.42 Å². The molecule has 5 heteroatoms. The lowest BCUT2D eigenvalue weighted by atomic mass is 9.91. The molecule has 0 saturated heterocycles. The van der Waals surface area contributed by atoms with Gasteiger partial charge >= 0.3 is 0 Å². The van der Waals surface area contributed by atoms with Crippen molar-refractivity contribution in [2.45, 2.75) is 0 Å². The number of hydrogen-bond acceptors (Lipinski definition) is 5. The average Bonchev–Trinajstić information content (AvgIpc) is 3.72. The predicted molar refractivity (Wildman–Crippen MR) is 251 cm³/mol. The van der Waals surface area contributed by atoms with Crippen LogP contribution in [-0.2, 0) is 0 Å². The van der Waals surface area contributed by atoms with E-state index in [-0.39, 0.29) is 0 Å². The summed E-state index contributed by atoms with van der Waals surface area (Å²) in [5.74, 6) is 1.91. The minimum atomic E-state index is 0.625. The van der Waals surface area contributed by atoms with Crippen molar-refractivity contribution in [2.75, 3.05) is 0 Å². The minimum absolute atomic E-state index is 0.625. The van der Waals surface area contributed by atoms with Crippen LogP contribution in [0.2, 0.25) is 0 Å². The Labute approximate surface area is 349 Å². The number of rotatable bonds is 5. The molecule has 0 N–H and O–H groups in total. The van der Waals surface area contributed by atoms with Gasteiger partial charge in [0.15, 0.2) is 17.5 Å². The van der Waals surface area contributed by atoms with Gasteiger partial charge in [-0.25, -0.2) is 19.9 Å². The lowest BCUT2D eigenvalue weighted by molar-refractivity contribution is 0.655. The van der Waals surface area contributed by atoms with E-state index in [9.17, 15) is 0 Å². The van der Waals surface area contributed by atoms with Gasteiger partial charge in [-0.05, 0) is 71.7 Å². The van der Waals surface area contributed by atoms with E-state index in [0.717, 1.165) is 82.4 Å². The molecule has 10 aromatic carbocycles. The molecule has 0 aliphatic rings. The van der Waals surface area contributed by atoms with E-state index < -0.39 is 0 Å². The molecule has 0 amide bonds. The maximum absolute atomic E-state index is 6.36. The molecule has 0 atom stereocenters. The SMILES string of the molecule is c1ccc(-c2nc(-c3ccc(-c4ccc(-c5nc6oc7ccccc7c6c6ccccc56)c5ccccc45)cc3)nc(-c3ccc4ccc5cccc6ccc3c4c56)n2)cc1. The van der Waals surface area contributed by atoms with Crippen LogP contribution < -0.4 is 0 Å². The number of benzene rings is 10. The van der Waals surface area contributed by atoms with Gasteiger partial charge in [0.05, 0.1) is 11.1 Å². The molecule has 0 aliphatic carbocycles. The molecular weight excluding hydrogens is 745 g/mol. The van der Waals surface area contributed by atoms with Crippen LogP contribution in [-0.4, -0.2) is 19.9 Å². The maximum atomic E-state index is 6.36. The van der Waals surface area contributed by atoms with E-state index >= 15 is 0 Å². The Hall–Kier alpha value is -8.28. The molecule has 0 unspecified atom stereocenters. The summed E-state index contributed by atoms with van der Waals surface area (Å²) in [5, 5.41) is 13.9. The zero-order valence-electron chi connectivity index (χ0n) is 32.7. The second kappa shape index (κ2) is 13.1. The fourth-order valence-corrected chi connectivity index (χ4v) is 9.47. The van der Waals surface area contributed by atoms with Crippen LogP contribution in [0.25, 0.3) is 132 Å². The van der Waals surface area contributed by atoms with Gasteiger partial charge in [-0.1, -0.05) is 182 Å². The Kier molecular flexibility index (Phi) is 7.24. The van der Waals surface area contributed by atoms with E-state index in [0.29, 0.717) is 23.2 Å². The molecule has 0 saturated carbocycles. The Morgan fingerprint density at radius 3 is 1.59 bits per heavy atom. The van der Waals surface area contributed by atoms with Crippen molar-refractivity contribution in [3.63, 3.8) is 0 Å². The van der Waals surface area contributed by atoms with Crippen molar-refractivity contribution in [3.8, 4) is 56.5 Å². The fraction of sp³-hybridized carbons (Fsp3) is 0. The highest BCUT2D eigenvalue weighted by molar-refractivity contribution is 6.25. The number of nitrogens with zero attached hydrogens (tertiary/aromatic N) is 4. The summed E-state index contributed by atoms with van der Waals surface area (Å²) in [5.41, 5.74) is 8.53. The third kappa shape index (κ3) is 5.21. The summed E-state index contributed by atoms with van der Waals surface area (Å²) in [6.45, 7) is 0. The van der Waals surface area contributed by atoms with Crippen LogP contribution in [0.4, 0.5) is 0 Å². The zero-order chi connectivity index (χ0) is 40.0. The van der Waals surface area contributed by atoms with Gasteiger partial charge in [0.1, 0.15) is 5.58 Å². The molecule has 0 aliphatic heterocycles. The van der Waals surface area contributed by atoms with E-state index in [1.54, 1.807) is 0 Å². The molecule has 0 bridgehead atoms. The van der Waals surface area contributed by atoms with Gasteiger partial charge in [-0.15, -0.1) is 0 Å². The smallest absolute Gasteiger partial charge is 0.228 e. The van der Waals surface area contributed by atoms with Crippen LogP contribution in [0.5, 0.6) is 0 Å². The Morgan fingerprint density at radius 1 is 0.279 bits per heavy atom. The van der Waals surface area contributed by atoms with Gasteiger partial charge in [-0.3, -0.25) is 0 Å². The standard InChI is InChI=1S/C56H32N4O/c1-2-11-37(12-3-1)53-58-54(60-55(59-53)46-30-28-36-24-23-34-13-10-14-35-27-29-43(46)50(36)49(34)35)38-25-21-33(22-26-38)39-31-32-45(41-16-5-4-15-40(39)41)52-44-18-7-6-17-42(44)51-47-19-8-9-20-48(47)61-56(51)57-52/h1-32H. The molecule has 0 fully saturated rings. The Bertz CT molecular complexity index is 3860. The number of pyridine rings is 1. The summed E-state index contributed by atoms with van der Waals surface area (Å²) in [7, 11) is 0.